The predicted octanol–water partition coefficient (Wildman–Crippen LogP) is 5.09. The summed E-state index contributed by atoms with van der Waals surface area (Å²) < 4.78 is 0. The van der Waals surface area contributed by atoms with Gasteiger partial charge in [-0.2, -0.15) is 5.26 Å². The smallest absolute Gasteiger partial charge is 0.266 e. The monoisotopic (exact) mass is 372 g/mol. The summed E-state index contributed by atoms with van der Waals surface area (Å²) in [5.41, 5.74) is 1.28. The number of benzene rings is 3. The Bertz CT molecular complexity index is 989. The van der Waals surface area contributed by atoms with Crippen LogP contribution in [0, 0.1) is 11.3 Å². The van der Waals surface area contributed by atoms with Crippen LogP contribution < -0.4 is 5.32 Å². The molecular weight excluding hydrogens is 356 g/mol. The zero-order valence-electron chi connectivity index (χ0n) is 14.3. The van der Waals surface area contributed by atoms with Gasteiger partial charge >= 0.3 is 0 Å². The number of nitriles is 1. The molecule has 27 heavy (non-hydrogen) atoms. The van der Waals surface area contributed by atoms with Crippen LogP contribution in [0.15, 0.2) is 94.2 Å². The van der Waals surface area contributed by atoms with Gasteiger partial charge in [0.05, 0.1) is 0 Å². The first kappa shape index (κ1) is 18.3. The second-order valence-electron chi connectivity index (χ2n) is 5.65. The predicted molar refractivity (Wildman–Crippen MR) is 107 cm³/mol. The van der Waals surface area contributed by atoms with Gasteiger partial charge in [-0.3, -0.25) is 4.79 Å². The third-order valence-electron chi connectivity index (χ3n) is 3.66. The normalized spacial score (nSPS) is 10.9. The number of nitrogens with zero attached hydrogens (tertiary/aromatic N) is 1. The van der Waals surface area contributed by atoms with Crippen LogP contribution in [0.5, 0.6) is 5.75 Å². The first-order valence-corrected chi connectivity index (χ1v) is 9.01. The van der Waals surface area contributed by atoms with Gasteiger partial charge in [0.2, 0.25) is 0 Å². The van der Waals surface area contributed by atoms with Gasteiger partial charge in [0.1, 0.15) is 17.4 Å². The van der Waals surface area contributed by atoms with Crippen molar-refractivity contribution in [2.45, 2.75) is 9.79 Å². The summed E-state index contributed by atoms with van der Waals surface area (Å²) >= 11 is 1.64. The Balaban J connectivity index is 1.70. The van der Waals surface area contributed by atoms with E-state index in [-0.39, 0.29) is 11.3 Å². The minimum Gasteiger partial charge on any atom is -0.508 e. The maximum atomic E-state index is 12.3. The summed E-state index contributed by atoms with van der Waals surface area (Å²) in [6, 6.07) is 25.7. The molecule has 0 spiro atoms. The molecule has 0 atom stereocenters. The van der Waals surface area contributed by atoms with Crippen LogP contribution in [0.2, 0.25) is 0 Å². The molecule has 1 amide bonds. The molecule has 0 saturated heterocycles. The van der Waals surface area contributed by atoms with Crippen molar-refractivity contribution in [2.75, 3.05) is 5.32 Å². The third kappa shape index (κ3) is 5.24. The molecule has 0 aliphatic carbocycles. The Kier molecular flexibility index (Phi) is 5.93. The molecule has 2 N–H and O–H groups in total. The lowest BCUT2D eigenvalue weighted by atomic mass is 10.1. The average Bonchev–Trinajstić information content (AvgIpc) is 2.70. The van der Waals surface area contributed by atoms with Gasteiger partial charge < -0.3 is 10.4 Å². The van der Waals surface area contributed by atoms with E-state index in [9.17, 15) is 15.2 Å². The highest BCUT2D eigenvalue weighted by atomic mass is 32.2. The van der Waals surface area contributed by atoms with Gasteiger partial charge in [0, 0.05) is 15.5 Å². The summed E-state index contributed by atoms with van der Waals surface area (Å²) in [4.78, 5) is 14.5. The van der Waals surface area contributed by atoms with Crippen molar-refractivity contribution in [3.05, 3.63) is 90.0 Å². The SMILES string of the molecule is N#C/C(=C/c1ccc(Sc2ccccc2)cc1)C(=O)Nc1ccc(O)cc1. The van der Waals surface area contributed by atoms with E-state index in [0.717, 1.165) is 15.4 Å². The van der Waals surface area contributed by atoms with E-state index >= 15 is 0 Å². The van der Waals surface area contributed by atoms with E-state index in [2.05, 4.69) is 5.32 Å². The molecule has 3 rings (SSSR count). The largest absolute Gasteiger partial charge is 0.508 e. The van der Waals surface area contributed by atoms with E-state index in [1.807, 2.05) is 60.7 Å². The van der Waals surface area contributed by atoms with Crippen molar-refractivity contribution in [1.29, 1.82) is 5.26 Å². The fraction of sp³-hybridized carbons (Fsp3) is 0. The minimum atomic E-state index is -0.495. The number of carbonyl (C=O) groups is 1. The van der Waals surface area contributed by atoms with Gasteiger partial charge in [-0.15, -0.1) is 0 Å². The van der Waals surface area contributed by atoms with Crippen LogP contribution in [0.4, 0.5) is 5.69 Å². The van der Waals surface area contributed by atoms with Gasteiger partial charge in [0.15, 0.2) is 0 Å². The fourth-order valence-electron chi connectivity index (χ4n) is 2.32. The molecule has 3 aromatic carbocycles. The summed E-state index contributed by atoms with van der Waals surface area (Å²) in [7, 11) is 0. The molecule has 0 unspecified atom stereocenters. The van der Waals surface area contributed by atoms with Crippen LogP contribution in [-0.4, -0.2) is 11.0 Å². The quantitative estimate of drug-likeness (QED) is 0.372. The van der Waals surface area contributed by atoms with Gasteiger partial charge in [-0.25, -0.2) is 0 Å². The van der Waals surface area contributed by atoms with Crippen LogP contribution in [0.1, 0.15) is 5.56 Å². The number of phenolic OH excluding ortho intramolecular Hbond substituents is 1. The molecule has 3 aromatic rings. The molecule has 0 aliphatic rings. The number of rotatable bonds is 5. The summed E-state index contributed by atoms with van der Waals surface area (Å²) in [6.45, 7) is 0. The Morgan fingerprint density at radius 1 is 0.926 bits per heavy atom. The molecule has 132 valence electrons. The highest BCUT2D eigenvalue weighted by molar-refractivity contribution is 7.99. The van der Waals surface area contributed by atoms with Gasteiger partial charge in [-0.1, -0.05) is 42.1 Å². The summed E-state index contributed by atoms with van der Waals surface area (Å²) in [5, 5.41) is 21.2. The summed E-state index contributed by atoms with van der Waals surface area (Å²) in [5.74, 6) is -0.386. The van der Waals surface area contributed by atoms with Gasteiger partial charge in [-0.05, 0) is 60.2 Å². The fourth-order valence-corrected chi connectivity index (χ4v) is 3.15. The molecule has 0 aliphatic heterocycles. The second kappa shape index (κ2) is 8.75. The third-order valence-corrected chi connectivity index (χ3v) is 4.68. The molecule has 0 fully saturated rings. The van der Waals surface area contributed by atoms with Crippen molar-refractivity contribution >= 4 is 29.4 Å². The van der Waals surface area contributed by atoms with E-state index in [1.165, 1.54) is 12.1 Å². The Labute approximate surface area is 161 Å². The lowest BCUT2D eigenvalue weighted by Gasteiger charge is -2.05. The van der Waals surface area contributed by atoms with E-state index in [4.69, 9.17) is 0 Å². The zero-order chi connectivity index (χ0) is 19.1. The Morgan fingerprint density at radius 2 is 1.56 bits per heavy atom. The first-order valence-electron chi connectivity index (χ1n) is 8.19. The van der Waals surface area contributed by atoms with Crippen LogP contribution >= 0.6 is 11.8 Å². The number of hydrogen-bond acceptors (Lipinski definition) is 4. The lowest BCUT2D eigenvalue weighted by Crippen LogP contribution is -2.13. The molecule has 0 bridgehead atoms. The molecule has 4 nitrogen and oxygen atoms in total. The number of carbonyl (C=O) groups excluding carboxylic acids is 1. The minimum absolute atomic E-state index is 0.00605. The summed E-state index contributed by atoms with van der Waals surface area (Å²) in [6.07, 6.45) is 1.55. The van der Waals surface area contributed by atoms with Crippen molar-refractivity contribution in [1.82, 2.24) is 0 Å². The van der Waals surface area contributed by atoms with E-state index in [1.54, 1.807) is 30.0 Å². The van der Waals surface area contributed by atoms with Crippen molar-refractivity contribution < 1.29 is 9.90 Å². The molecule has 0 aromatic heterocycles. The van der Waals surface area contributed by atoms with Gasteiger partial charge in [0.25, 0.3) is 5.91 Å². The van der Waals surface area contributed by atoms with E-state index in [0.29, 0.717) is 5.69 Å². The maximum Gasteiger partial charge on any atom is 0.266 e. The lowest BCUT2D eigenvalue weighted by molar-refractivity contribution is -0.112. The van der Waals surface area contributed by atoms with Crippen molar-refractivity contribution in [3.63, 3.8) is 0 Å². The number of phenols is 1. The maximum absolute atomic E-state index is 12.3. The highest BCUT2D eigenvalue weighted by Crippen LogP contribution is 2.27. The number of nitrogens with one attached hydrogen (secondary N) is 1. The van der Waals surface area contributed by atoms with Crippen LogP contribution in [-0.2, 0) is 4.79 Å². The molecule has 0 saturated carbocycles. The number of amides is 1. The number of hydrogen-bond donors (Lipinski definition) is 2. The molecule has 0 heterocycles. The highest BCUT2D eigenvalue weighted by Gasteiger charge is 2.09. The second-order valence-corrected chi connectivity index (χ2v) is 6.80. The Morgan fingerprint density at radius 3 is 2.19 bits per heavy atom. The van der Waals surface area contributed by atoms with Crippen molar-refractivity contribution in [2.24, 2.45) is 0 Å². The Hall–Kier alpha value is -3.49. The number of aromatic hydroxyl groups is 1. The van der Waals surface area contributed by atoms with Crippen molar-refractivity contribution in [3.8, 4) is 11.8 Å². The molecular formula is C22H16N2O2S. The first-order chi connectivity index (χ1) is 13.1. The topological polar surface area (TPSA) is 73.1 Å². The molecule has 5 heteroatoms. The number of anilines is 1. The van der Waals surface area contributed by atoms with E-state index < -0.39 is 5.91 Å². The average molecular weight is 372 g/mol. The van der Waals surface area contributed by atoms with Crippen LogP contribution in [0.25, 0.3) is 6.08 Å². The van der Waals surface area contributed by atoms with Crippen LogP contribution in [0.3, 0.4) is 0 Å². The molecule has 0 radical (unpaired) electrons. The zero-order valence-corrected chi connectivity index (χ0v) is 15.1. The standard InChI is InChI=1S/C22H16N2O2S/c23-15-17(22(26)24-18-8-10-19(25)11-9-18)14-16-6-12-21(13-7-16)27-20-4-2-1-3-5-20/h1-14,25H,(H,24,26)/b17-14-.